The topological polar surface area (TPSA) is 77.1 Å². The van der Waals surface area contributed by atoms with Gasteiger partial charge in [0.1, 0.15) is 0 Å². The lowest BCUT2D eigenvalue weighted by Gasteiger charge is -2.08. The van der Waals surface area contributed by atoms with Crippen LogP contribution in [0.4, 0.5) is 0 Å². The molecule has 0 bridgehead atoms. The van der Waals surface area contributed by atoms with Crippen molar-refractivity contribution in [1.82, 2.24) is 15.0 Å². The minimum absolute atomic E-state index is 0.0377. The quantitative estimate of drug-likeness (QED) is 0.863. The monoisotopic (exact) mass is 233 g/mol. The van der Waals surface area contributed by atoms with Crippen LogP contribution in [0.5, 0.6) is 17.4 Å². The molecule has 2 heterocycles. The summed E-state index contributed by atoms with van der Waals surface area (Å²) in [5.41, 5.74) is 0.315. The third kappa shape index (κ3) is 2.25. The van der Waals surface area contributed by atoms with Gasteiger partial charge in [-0.05, 0) is 19.1 Å². The SMILES string of the molecule is COc1c(Oc2cccnc2C)nc[nH]c1=O. The molecule has 0 aliphatic rings. The number of hydrogen-bond donors (Lipinski definition) is 1. The van der Waals surface area contributed by atoms with Gasteiger partial charge in [-0.25, -0.2) is 4.98 Å². The van der Waals surface area contributed by atoms with Crippen LogP contribution >= 0.6 is 0 Å². The summed E-state index contributed by atoms with van der Waals surface area (Å²) < 4.78 is 10.4. The molecule has 0 amide bonds. The first-order chi connectivity index (χ1) is 8.22. The third-order valence-electron chi connectivity index (χ3n) is 2.15. The summed E-state index contributed by atoms with van der Waals surface area (Å²) in [7, 11) is 1.38. The van der Waals surface area contributed by atoms with Gasteiger partial charge in [0.2, 0.25) is 5.75 Å². The second-order valence-corrected chi connectivity index (χ2v) is 3.26. The van der Waals surface area contributed by atoms with E-state index in [1.807, 2.05) is 0 Å². The standard InChI is InChI=1S/C11H11N3O3/c1-7-8(4-3-5-12-7)17-11-9(16-2)10(15)13-6-14-11/h3-6H,1-2H3,(H,13,14,15). The molecule has 6 heteroatoms. The minimum Gasteiger partial charge on any atom is -0.487 e. The van der Waals surface area contributed by atoms with Crippen molar-refractivity contribution < 1.29 is 9.47 Å². The van der Waals surface area contributed by atoms with E-state index in [1.54, 1.807) is 25.3 Å². The lowest BCUT2D eigenvalue weighted by atomic mass is 10.3. The van der Waals surface area contributed by atoms with Crippen molar-refractivity contribution in [3.63, 3.8) is 0 Å². The number of H-pyrrole nitrogens is 1. The molecule has 0 fully saturated rings. The maximum atomic E-state index is 11.4. The zero-order valence-corrected chi connectivity index (χ0v) is 9.43. The van der Waals surface area contributed by atoms with Crippen molar-refractivity contribution in [2.24, 2.45) is 0 Å². The fraction of sp³-hybridized carbons (Fsp3) is 0.182. The number of nitrogens with zero attached hydrogens (tertiary/aromatic N) is 2. The zero-order valence-electron chi connectivity index (χ0n) is 9.43. The van der Waals surface area contributed by atoms with Crippen LogP contribution in [-0.2, 0) is 0 Å². The molecule has 0 aliphatic carbocycles. The number of rotatable bonds is 3. The van der Waals surface area contributed by atoms with Gasteiger partial charge in [-0.1, -0.05) is 0 Å². The number of ether oxygens (including phenoxy) is 2. The van der Waals surface area contributed by atoms with Crippen molar-refractivity contribution in [1.29, 1.82) is 0 Å². The number of nitrogens with one attached hydrogen (secondary N) is 1. The normalized spacial score (nSPS) is 10.0. The molecule has 6 nitrogen and oxygen atoms in total. The molecule has 0 saturated heterocycles. The van der Waals surface area contributed by atoms with Crippen LogP contribution in [0.1, 0.15) is 5.69 Å². The van der Waals surface area contributed by atoms with Crippen LogP contribution in [0.2, 0.25) is 0 Å². The lowest BCUT2D eigenvalue weighted by molar-refractivity contribution is 0.361. The van der Waals surface area contributed by atoms with E-state index in [1.165, 1.54) is 13.4 Å². The molecule has 2 rings (SSSR count). The van der Waals surface area contributed by atoms with E-state index in [0.717, 1.165) is 0 Å². The Morgan fingerprint density at radius 3 is 2.88 bits per heavy atom. The summed E-state index contributed by atoms with van der Waals surface area (Å²) in [4.78, 5) is 21.8. The van der Waals surface area contributed by atoms with Crippen LogP contribution in [0.15, 0.2) is 29.5 Å². The van der Waals surface area contributed by atoms with Gasteiger partial charge in [0, 0.05) is 6.20 Å². The summed E-state index contributed by atoms with van der Waals surface area (Å²) in [6.45, 7) is 1.80. The van der Waals surface area contributed by atoms with E-state index in [9.17, 15) is 4.79 Å². The first kappa shape index (κ1) is 11.1. The Bertz CT molecular complexity index is 580. The Hall–Kier alpha value is -2.37. The molecule has 2 aromatic heterocycles. The van der Waals surface area contributed by atoms with Crippen molar-refractivity contribution in [3.8, 4) is 17.4 Å². The Morgan fingerprint density at radius 1 is 1.35 bits per heavy atom. The molecule has 1 N–H and O–H groups in total. The highest BCUT2D eigenvalue weighted by Gasteiger charge is 2.12. The molecule has 17 heavy (non-hydrogen) atoms. The van der Waals surface area contributed by atoms with E-state index >= 15 is 0 Å². The summed E-state index contributed by atoms with van der Waals surface area (Å²) in [6.07, 6.45) is 2.91. The smallest absolute Gasteiger partial charge is 0.297 e. The number of aromatic nitrogens is 3. The van der Waals surface area contributed by atoms with Gasteiger partial charge in [-0.3, -0.25) is 9.78 Å². The van der Waals surface area contributed by atoms with Gasteiger partial charge >= 0.3 is 0 Å². The van der Waals surface area contributed by atoms with Crippen molar-refractivity contribution in [3.05, 3.63) is 40.7 Å². The first-order valence-corrected chi connectivity index (χ1v) is 4.93. The number of aryl methyl sites for hydroxylation is 1. The molecule has 0 aromatic carbocycles. The number of aromatic amines is 1. The highest BCUT2D eigenvalue weighted by Crippen LogP contribution is 2.26. The maximum Gasteiger partial charge on any atom is 0.297 e. The zero-order chi connectivity index (χ0) is 12.3. The number of hydrogen-bond acceptors (Lipinski definition) is 5. The molecule has 0 spiro atoms. The average Bonchev–Trinajstić information content (AvgIpc) is 2.32. The molecule has 0 saturated carbocycles. The Morgan fingerprint density at radius 2 is 2.18 bits per heavy atom. The van der Waals surface area contributed by atoms with E-state index in [4.69, 9.17) is 9.47 Å². The van der Waals surface area contributed by atoms with Gasteiger partial charge in [0.25, 0.3) is 11.4 Å². The lowest BCUT2D eigenvalue weighted by Crippen LogP contribution is -2.11. The van der Waals surface area contributed by atoms with Gasteiger partial charge in [0.15, 0.2) is 5.75 Å². The van der Waals surface area contributed by atoms with Gasteiger partial charge < -0.3 is 14.5 Å². The van der Waals surface area contributed by atoms with Crippen molar-refractivity contribution in [2.75, 3.05) is 7.11 Å². The first-order valence-electron chi connectivity index (χ1n) is 4.93. The molecule has 2 aromatic rings. The van der Waals surface area contributed by atoms with Crippen LogP contribution in [-0.4, -0.2) is 22.1 Å². The van der Waals surface area contributed by atoms with Gasteiger partial charge in [0.05, 0.1) is 19.1 Å². The van der Waals surface area contributed by atoms with Crippen LogP contribution in [0.3, 0.4) is 0 Å². The number of methoxy groups -OCH3 is 1. The summed E-state index contributed by atoms with van der Waals surface area (Å²) in [5, 5.41) is 0. The van der Waals surface area contributed by atoms with Crippen LogP contribution in [0.25, 0.3) is 0 Å². The van der Waals surface area contributed by atoms with Crippen LogP contribution in [0, 0.1) is 6.92 Å². The second kappa shape index (κ2) is 4.65. The average molecular weight is 233 g/mol. The van der Waals surface area contributed by atoms with E-state index < -0.39 is 0 Å². The fourth-order valence-corrected chi connectivity index (χ4v) is 1.31. The largest absolute Gasteiger partial charge is 0.487 e. The molecule has 0 atom stereocenters. The summed E-state index contributed by atoms with van der Waals surface area (Å²) >= 11 is 0. The highest BCUT2D eigenvalue weighted by atomic mass is 16.5. The molecule has 88 valence electrons. The van der Waals surface area contributed by atoms with E-state index in [0.29, 0.717) is 11.4 Å². The molecule has 0 radical (unpaired) electrons. The third-order valence-corrected chi connectivity index (χ3v) is 2.15. The van der Waals surface area contributed by atoms with Crippen LogP contribution < -0.4 is 15.0 Å². The molecular formula is C11H11N3O3. The molecule has 0 aliphatic heterocycles. The predicted molar refractivity (Wildman–Crippen MR) is 60.5 cm³/mol. The highest BCUT2D eigenvalue weighted by molar-refractivity contribution is 5.36. The Kier molecular flexibility index (Phi) is 3.04. The number of pyridine rings is 1. The summed E-state index contributed by atoms with van der Waals surface area (Å²) in [6, 6.07) is 3.48. The van der Waals surface area contributed by atoms with Gasteiger partial charge in [-0.2, -0.15) is 0 Å². The van der Waals surface area contributed by atoms with Crippen molar-refractivity contribution >= 4 is 0 Å². The Labute approximate surface area is 97.3 Å². The predicted octanol–water partition coefficient (Wildman–Crippen LogP) is 1.27. The van der Waals surface area contributed by atoms with Crippen molar-refractivity contribution in [2.45, 2.75) is 6.92 Å². The van der Waals surface area contributed by atoms with E-state index in [2.05, 4.69) is 15.0 Å². The van der Waals surface area contributed by atoms with Gasteiger partial charge in [-0.15, -0.1) is 0 Å². The Balaban J connectivity index is 2.40. The molecule has 0 unspecified atom stereocenters. The molecular weight excluding hydrogens is 222 g/mol. The minimum atomic E-state index is -0.390. The van der Waals surface area contributed by atoms with E-state index in [-0.39, 0.29) is 17.2 Å². The fourth-order valence-electron chi connectivity index (χ4n) is 1.31. The summed E-state index contributed by atoms with van der Waals surface area (Å²) in [5.74, 6) is 0.687. The maximum absolute atomic E-state index is 11.4. The second-order valence-electron chi connectivity index (χ2n) is 3.26.